The summed E-state index contributed by atoms with van der Waals surface area (Å²) in [5.74, 6) is 0.150. The minimum Gasteiger partial charge on any atom is -0.351 e. The number of carbonyl (C=O) groups is 1. The Morgan fingerprint density at radius 1 is 1.47 bits per heavy atom. The van der Waals surface area contributed by atoms with Crippen LogP contribution >= 0.6 is 11.3 Å². The zero-order valence-electron chi connectivity index (χ0n) is 9.95. The van der Waals surface area contributed by atoms with E-state index in [1.807, 2.05) is 17.5 Å². The van der Waals surface area contributed by atoms with Gasteiger partial charge in [-0.2, -0.15) is 0 Å². The van der Waals surface area contributed by atoms with Gasteiger partial charge in [-0.3, -0.25) is 4.79 Å². The topological polar surface area (TPSA) is 44.4 Å². The molecule has 4 nitrogen and oxygen atoms in total. The van der Waals surface area contributed by atoms with Crippen LogP contribution in [0, 0.1) is 0 Å². The quantitative estimate of drug-likeness (QED) is 0.810. The third-order valence-corrected chi connectivity index (χ3v) is 3.78. The number of hydrogen-bond acceptors (Lipinski definition) is 4. The predicted molar refractivity (Wildman–Crippen MR) is 70.1 cm³/mol. The lowest BCUT2D eigenvalue weighted by Gasteiger charge is -2.26. The van der Waals surface area contributed by atoms with Crippen molar-refractivity contribution in [3.05, 3.63) is 22.4 Å². The van der Waals surface area contributed by atoms with Crippen LogP contribution in [0.1, 0.15) is 11.3 Å². The maximum Gasteiger partial charge on any atom is 0.221 e. The number of nitrogens with zero attached hydrogens (tertiary/aromatic N) is 1. The number of thiophene rings is 1. The number of hydrogen-bond donors (Lipinski definition) is 2. The van der Waals surface area contributed by atoms with Gasteiger partial charge in [0.25, 0.3) is 0 Å². The first-order valence-electron chi connectivity index (χ1n) is 6.07. The maximum absolute atomic E-state index is 11.6. The van der Waals surface area contributed by atoms with Crippen molar-refractivity contribution in [2.75, 3.05) is 32.7 Å². The molecule has 0 saturated carbocycles. The maximum atomic E-state index is 11.6. The first kappa shape index (κ1) is 12.5. The summed E-state index contributed by atoms with van der Waals surface area (Å²) in [5, 5.41) is 8.29. The second-order valence-corrected chi connectivity index (χ2v) is 5.23. The van der Waals surface area contributed by atoms with E-state index in [0.29, 0.717) is 13.0 Å². The number of piperazine rings is 1. The molecular weight excluding hydrogens is 234 g/mol. The van der Waals surface area contributed by atoms with Crippen LogP contribution in [0.4, 0.5) is 0 Å². The summed E-state index contributed by atoms with van der Waals surface area (Å²) < 4.78 is 0. The Morgan fingerprint density at radius 3 is 3.00 bits per heavy atom. The van der Waals surface area contributed by atoms with E-state index in [9.17, 15) is 4.79 Å². The van der Waals surface area contributed by atoms with E-state index in [2.05, 4.69) is 15.5 Å². The Labute approximate surface area is 106 Å². The molecule has 1 aromatic rings. The van der Waals surface area contributed by atoms with Crippen molar-refractivity contribution >= 4 is 17.2 Å². The normalized spacial score (nSPS) is 16.9. The summed E-state index contributed by atoms with van der Waals surface area (Å²) in [7, 11) is 0. The van der Waals surface area contributed by atoms with E-state index in [0.717, 1.165) is 32.7 Å². The van der Waals surface area contributed by atoms with Crippen LogP contribution in [-0.4, -0.2) is 43.5 Å². The predicted octanol–water partition coefficient (Wildman–Crippen LogP) is 0.660. The Kier molecular flexibility index (Phi) is 4.97. The van der Waals surface area contributed by atoms with E-state index in [1.165, 1.54) is 4.88 Å². The van der Waals surface area contributed by atoms with Gasteiger partial charge >= 0.3 is 0 Å². The second kappa shape index (κ2) is 6.74. The lowest BCUT2D eigenvalue weighted by atomic mass is 10.3. The zero-order valence-corrected chi connectivity index (χ0v) is 10.8. The van der Waals surface area contributed by atoms with Crippen molar-refractivity contribution in [1.82, 2.24) is 15.5 Å². The van der Waals surface area contributed by atoms with Crippen LogP contribution in [-0.2, 0) is 11.3 Å². The molecule has 0 atom stereocenters. The molecule has 1 aliphatic heterocycles. The smallest absolute Gasteiger partial charge is 0.221 e. The lowest BCUT2D eigenvalue weighted by Crippen LogP contribution is -2.44. The minimum absolute atomic E-state index is 0.150. The van der Waals surface area contributed by atoms with Gasteiger partial charge in [-0.05, 0) is 11.4 Å². The van der Waals surface area contributed by atoms with Gasteiger partial charge in [-0.25, -0.2) is 0 Å². The second-order valence-electron chi connectivity index (χ2n) is 4.20. The van der Waals surface area contributed by atoms with Gasteiger partial charge in [-0.15, -0.1) is 11.3 Å². The van der Waals surface area contributed by atoms with Crippen molar-refractivity contribution in [2.45, 2.75) is 13.0 Å². The molecule has 0 radical (unpaired) electrons. The first-order valence-corrected chi connectivity index (χ1v) is 6.95. The fourth-order valence-electron chi connectivity index (χ4n) is 1.88. The SMILES string of the molecule is O=C(CCN1CCNCC1)NCc1cccs1. The van der Waals surface area contributed by atoms with Crippen molar-refractivity contribution in [1.29, 1.82) is 0 Å². The molecule has 0 bridgehead atoms. The van der Waals surface area contributed by atoms with Crippen LogP contribution in [0.25, 0.3) is 0 Å². The Balaban J connectivity index is 1.60. The molecule has 0 aromatic carbocycles. The highest BCUT2D eigenvalue weighted by Crippen LogP contribution is 2.07. The molecule has 1 fully saturated rings. The molecule has 0 unspecified atom stereocenters. The van der Waals surface area contributed by atoms with E-state index in [4.69, 9.17) is 0 Å². The van der Waals surface area contributed by atoms with Crippen LogP contribution in [0.5, 0.6) is 0 Å². The van der Waals surface area contributed by atoms with Gasteiger partial charge in [0.05, 0.1) is 6.54 Å². The monoisotopic (exact) mass is 253 g/mol. The molecular formula is C12H19N3OS. The third-order valence-electron chi connectivity index (χ3n) is 2.90. The van der Waals surface area contributed by atoms with Gasteiger partial charge in [0.15, 0.2) is 0 Å². The van der Waals surface area contributed by atoms with E-state index in [-0.39, 0.29) is 5.91 Å². The molecule has 17 heavy (non-hydrogen) atoms. The fourth-order valence-corrected chi connectivity index (χ4v) is 2.53. The number of nitrogens with one attached hydrogen (secondary N) is 2. The van der Waals surface area contributed by atoms with Crippen LogP contribution < -0.4 is 10.6 Å². The third kappa shape index (κ3) is 4.46. The summed E-state index contributed by atoms with van der Waals surface area (Å²) in [5.41, 5.74) is 0. The Hall–Kier alpha value is -0.910. The van der Waals surface area contributed by atoms with Crippen molar-refractivity contribution in [2.24, 2.45) is 0 Å². The number of rotatable bonds is 5. The first-order chi connectivity index (χ1) is 8.34. The molecule has 0 spiro atoms. The largest absolute Gasteiger partial charge is 0.351 e. The molecule has 0 aliphatic carbocycles. The van der Waals surface area contributed by atoms with Crippen molar-refractivity contribution < 1.29 is 4.79 Å². The fraction of sp³-hybridized carbons (Fsp3) is 0.583. The van der Waals surface area contributed by atoms with E-state index >= 15 is 0 Å². The summed E-state index contributed by atoms with van der Waals surface area (Å²) in [4.78, 5) is 15.2. The summed E-state index contributed by atoms with van der Waals surface area (Å²) in [6.07, 6.45) is 0.603. The Morgan fingerprint density at radius 2 is 2.29 bits per heavy atom. The van der Waals surface area contributed by atoms with Crippen molar-refractivity contribution in [3.63, 3.8) is 0 Å². The average Bonchev–Trinajstić information content (AvgIpc) is 2.88. The summed E-state index contributed by atoms with van der Waals surface area (Å²) in [6, 6.07) is 4.05. The van der Waals surface area contributed by atoms with Gasteiger partial charge in [0.2, 0.25) is 5.91 Å². The Bertz CT molecular complexity index is 334. The van der Waals surface area contributed by atoms with Crippen LogP contribution in [0.2, 0.25) is 0 Å². The number of carbonyl (C=O) groups excluding carboxylic acids is 1. The molecule has 2 rings (SSSR count). The molecule has 2 heterocycles. The van der Waals surface area contributed by atoms with Crippen molar-refractivity contribution in [3.8, 4) is 0 Å². The molecule has 1 amide bonds. The van der Waals surface area contributed by atoms with Gasteiger partial charge in [0.1, 0.15) is 0 Å². The van der Waals surface area contributed by atoms with Crippen LogP contribution in [0.15, 0.2) is 17.5 Å². The van der Waals surface area contributed by atoms with Crippen LogP contribution in [0.3, 0.4) is 0 Å². The average molecular weight is 253 g/mol. The molecule has 5 heteroatoms. The molecule has 94 valence electrons. The van der Waals surface area contributed by atoms with Gasteiger partial charge in [0, 0.05) is 44.0 Å². The highest BCUT2D eigenvalue weighted by molar-refractivity contribution is 7.09. The molecule has 1 aromatic heterocycles. The van der Waals surface area contributed by atoms with E-state index in [1.54, 1.807) is 11.3 Å². The number of amides is 1. The summed E-state index contributed by atoms with van der Waals surface area (Å²) >= 11 is 1.68. The molecule has 1 saturated heterocycles. The highest BCUT2D eigenvalue weighted by Gasteiger charge is 2.10. The molecule has 2 N–H and O–H groups in total. The molecule has 1 aliphatic rings. The summed E-state index contributed by atoms with van der Waals surface area (Å²) in [6.45, 7) is 5.72. The standard InChI is InChI=1S/C12H19N3OS/c16-12(14-10-11-2-1-9-17-11)3-6-15-7-4-13-5-8-15/h1-2,9,13H,3-8,10H2,(H,14,16). The minimum atomic E-state index is 0.150. The van der Waals surface area contributed by atoms with Gasteiger partial charge in [-0.1, -0.05) is 6.07 Å². The van der Waals surface area contributed by atoms with E-state index < -0.39 is 0 Å². The lowest BCUT2D eigenvalue weighted by molar-refractivity contribution is -0.121. The highest BCUT2D eigenvalue weighted by atomic mass is 32.1. The van der Waals surface area contributed by atoms with Gasteiger partial charge < -0.3 is 15.5 Å². The zero-order chi connectivity index (χ0) is 11.9.